The molecule has 84 valence electrons. The van der Waals surface area contributed by atoms with E-state index in [0.29, 0.717) is 21.8 Å². The van der Waals surface area contributed by atoms with E-state index in [2.05, 4.69) is 19.2 Å². The van der Waals surface area contributed by atoms with Crippen molar-refractivity contribution in [2.75, 3.05) is 5.73 Å². The molecule has 1 aromatic rings. The second-order valence-electron chi connectivity index (χ2n) is 3.66. The monoisotopic (exact) mass is 246 g/mol. The molecule has 15 heavy (non-hydrogen) atoms. The second-order valence-corrected chi connectivity index (χ2v) is 4.48. The van der Waals surface area contributed by atoms with Crippen molar-refractivity contribution in [1.82, 2.24) is 5.32 Å². The maximum Gasteiger partial charge on any atom is 0.0693 e. The minimum atomic E-state index is 0.450. The Morgan fingerprint density at radius 2 is 1.87 bits per heavy atom. The van der Waals surface area contributed by atoms with Crippen molar-refractivity contribution in [3.63, 3.8) is 0 Å². The Balaban J connectivity index is 2.70. The second kappa shape index (κ2) is 5.59. The van der Waals surface area contributed by atoms with Gasteiger partial charge >= 0.3 is 0 Å². The van der Waals surface area contributed by atoms with E-state index in [1.54, 1.807) is 0 Å². The summed E-state index contributed by atoms with van der Waals surface area (Å²) in [4.78, 5) is 0. The van der Waals surface area contributed by atoms with Crippen LogP contribution in [0.4, 0.5) is 5.69 Å². The van der Waals surface area contributed by atoms with Crippen molar-refractivity contribution in [2.45, 2.75) is 32.9 Å². The predicted molar refractivity (Wildman–Crippen MR) is 67.5 cm³/mol. The first-order chi connectivity index (χ1) is 7.04. The predicted octanol–water partition coefficient (Wildman–Crippen LogP) is 3.46. The van der Waals surface area contributed by atoms with Crippen molar-refractivity contribution in [3.05, 3.63) is 27.7 Å². The first-order valence-electron chi connectivity index (χ1n) is 5.01. The minimum Gasteiger partial charge on any atom is -0.396 e. The zero-order chi connectivity index (χ0) is 11.4. The fourth-order valence-electron chi connectivity index (χ4n) is 1.18. The molecule has 0 saturated carbocycles. The first kappa shape index (κ1) is 12.6. The lowest BCUT2D eigenvalue weighted by molar-refractivity contribution is 0.534. The molecule has 0 aromatic heterocycles. The third-order valence-corrected chi connectivity index (χ3v) is 3.03. The largest absolute Gasteiger partial charge is 0.396 e. The Labute approximate surface area is 101 Å². The van der Waals surface area contributed by atoms with Crippen LogP contribution in [-0.2, 0) is 6.54 Å². The molecule has 1 unspecified atom stereocenters. The molecule has 0 saturated heterocycles. The molecule has 1 rings (SSSR count). The number of anilines is 1. The van der Waals surface area contributed by atoms with Crippen LogP contribution in [0.25, 0.3) is 0 Å². The Hall–Kier alpha value is -0.440. The van der Waals surface area contributed by atoms with Crippen LogP contribution < -0.4 is 11.1 Å². The standard InChI is InChI=1S/C11H16Cl2N2/c1-3-7(2)15-6-8-4-9(12)11(14)10(13)5-8/h4-5,7,15H,3,6,14H2,1-2H3. The quantitative estimate of drug-likeness (QED) is 0.799. The Kier molecular flexibility index (Phi) is 4.71. The van der Waals surface area contributed by atoms with Gasteiger partial charge in [0.15, 0.2) is 0 Å². The zero-order valence-electron chi connectivity index (χ0n) is 8.98. The van der Waals surface area contributed by atoms with Gasteiger partial charge in [0, 0.05) is 12.6 Å². The first-order valence-corrected chi connectivity index (χ1v) is 5.77. The maximum absolute atomic E-state index is 5.93. The summed E-state index contributed by atoms with van der Waals surface area (Å²) in [6.07, 6.45) is 1.09. The molecule has 1 atom stereocenters. The van der Waals surface area contributed by atoms with Crippen LogP contribution in [0.2, 0.25) is 10.0 Å². The fraction of sp³-hybridized carbons (Fsp3) is 0.455. The normalized spacial score (nSPS) is 12.8. The van der Waals surface area contributed by atoms with Gasteiger partial charge in [-0.2, -0.15) is 0 Å². The summed E-state index contributed by atoms with van der Waals surface area (Å²) in [6, 6.07) is 4.18. The topological polar surface area (TPSA) is 38.0 Å². The van der Waals surface area contributed by atoms with E-state index < -0.39 is 0 Å². The number of hydrogen-bond acceptors (Lipinski definition) is 2. The van der Waals surface area contributed by atoms with Crippen LogP contribution in [-0.4, -0.2) is 6.04 Å². The van der Waals surface area contributed by atoms with Crippen LogP contribution in [0, 0.1) is 0 Å². The molecule has 0 radical (unpaired) electrons. The molecule has 0 fully saturated rings. The molecular formula is C11H16Cl2N2. The van der Waals surface area contributed by atoms with Gasteiger partial charge in [-0.1, -0.05) is 30.1 Å². The third-order valence-electron chi connectivity index (χ3n) is 2.41. The average molecular weight is 247 g/mol. The third kappa shape index (κ3) is 3.56. The Morgan fingerprint density at radius 1 is 1.33 bits per heavy atom. The van der Waals surface area contributed by atoms with Crippen LogP contribution in [0.3, 0.4) is 0 Å². The summed E-state index contributed by atoms with van der Waals surface area (Å²) in [6.45, 7) is 5.04. The Morgan fingerprint density at radius 3 is 2.33 bits per heavy atom. The van der Waals surface area contributed by atoms with Crippen LogP contribution in [0.5, 0.6) is 0 Å². The van der Waals surface area contributed by atoms with Gasteiger partial charge in [0.2, 0.25) is 0 Å². The van der Waals surface area contributed by atoms with Gasteiger partial charge in [0.25, 0.3) is 0 Å². The van der Waals surface area contributed by atoms with Crippen molar-refractivity contribution < 1.29 is 0 Å². The highest BCUT2D eigenvalue weighted by molar-refractivity contribution is 6.38. The van der Waals surface area contributed by atoms with Gasteiger partial charge in [0.05, 0.1) is 15.7 Å². The molecule has 4 heteroatoms. The maximum atomic E-state index is 5.93. The number of benzene rings is 1. The molecule has 0 heterocycles. The highest BCUT2D eigenvalue weighted by Gasteiger charge is 2.05. The highest BCUT2D eigenvalue weighted by atomic mass is 35.5. The van der Waals surface area contributed by atoms with Crippen molar-refractivity contribution in [3.8, 4) is 0 Å². The van der Waals surface area contributed by atoms with Gasteiger partial charge < -0.3 is 11.1 Å². The number of rotatable bonds is 4. The number of halogens is 2. The summed E-state index contributed by atoms with van der Waals surface area (Å²) in [5.74, 6) is 0. The summed E-state index contributed by atoms with van der Waals surface area (Å²) in [5.41, 5.74) is 7.15. The lowest BCUT2D eigenvalue weighted by Crippen LogP contribution is -2.24. The molecule has 0 spiro atoms. The minimum absolute atomic E-state index is 0.450. The molecule has 0 bridgehead atoms. The number of nitrogens with one attached hydrogen (secondary N) is 1. The van der Waals surface area contributed by atoms with Gasteiger partial charge in [-0.25, -0.2) is 0 Å². The fourth-order valence-corrected chi connectivity index (χ4v) is 1.71. The summed E-state index contributed by atoms with van der Waals surface area (Å²) in [5, 5.41) is 4.40. The summed E-state index contributed by atoms with van der Waals surface area (Å²) in [7, 11) is 0. The molecule has 0 amide bonds. The Bertz CT molecular complexity index is 316. The van der Waals surface area contributed by atoms with E-state index >= 15 is 0 Å². The van der Waals surface area contributed by atoms with E-state index in [1.807, 2.05) is 12.1 Å². The lowest BCUT2D eigenvalue weighted by Gasteiger charge is -2.12. The van der Waals surface area contributed by atoms with Gasteiger partial charge in [0.1, 0.15) is 0 Å². The molecule has 0 aliphatic heterocycles. The van der Waals surface area contributed by atoms with Gasteiger partial charge in [-0.05, 0) is 31.0 Å². The van der Waals surface area contributed by atoms with E-state index in [-0.39, 0.29) is 0 Å². The lowest BCUT2D eigenvalue weighted by atomic mass is 10.2. The van der Waals surface area contributed by atoms with Crippen LogP contribution >= 0.6 is 23.2 Å². The molecular weight excluding hydrogens is 231 g/mol. The van der Waals surface area contributed by atoms with Crippen LogP contribution in [0.15, 0.2) is 12.1 Å². The molecule has 1 aromatic carbocycles. The highest BCUT2D eigenvalue weighted by Crippen LogP contribution is 2.28. The van der Waals surface area contributed by atoms with Gasteiger partial charge in [-0.15, -0.1) is 0 Å². The average Bonchev–Trinajstić information content (AvgIpc) is 2.22. The smallest absolute Gasteiger partial charge is 0.0693 e. The molecule has 0 aliphatic carbocycles. The summed E-state index contributed by atoms with van der Waals surface area (Å²) >= 11 is 11.9. The number of hydrogen-bond donors (Lipinski definition) is 2. The van der Waals surface area contributed by atoms with Crippen molar-refractivity contribution in [2.24, 2.45) is 0 Å². The number of nitrogens with two attached hydrogens (primary N) is 1. The molecule has 3 N–H and O–H groups in total. The van der Waals surface area contributed by atoms with E-state index in [0.717, 1.165) is 18.5 Å². The summed E-state index contributed by atoms with van der Waals surface area (Å²) < 4.78 is 0. The van der Waals surface area contributed by atoms with Crippen molar-refractivity contribution >= 4 is 28.9 Å². The van der Waals surface area contributed by atoms with E-state index in [1.165, 1.54) is 0 Å². The van der Waals surface area contributed by atoms with Gasteiger partial charge in [-0.3, -0.25) is 0 Å². The molecule has 0 aliphatic rings. The van der Waals surface area contributed by atoms with E-state index in [4.69, 9.17) is 28.9 Å². The van der Waals surface area contributed by atoms with Crippen molar-refractivity contribution in [1.29, 1.82) is 0 Å². The van der Waals surface area contributed by atoms with E-state index in [9.17, 15) is 0 Å². The SMILES string of the molecule is CCC(C)NCc1cc(Cl)c(N)c(Cl)c1. The molecule has 2 nitrogen and oxygen atoms in total. The van der Waals surface area contributed by atoms with Crippen LogP contribution in [0.1, 0.15) is 25.8 Å². The zero-order valence-corrected chi connectivity index (χ0v) is 10.5. The number of nitrogen functional groups attached to an aromatic ring is 1.